The Kier molecular flexibility index (Phi) is 19.0. The van der Waals surface area contributed by atoms with Gasteiger partial charge < -0.3 is 0 Å². The standard InChI is InChI=1S/2C58H36N2S2/c1-3-13-37(14-4-1)39-25-29-41(30-26-39)52-36-53(60-58(59-52)42-31-27-40(28-32-42)38-15-5-2-6-16-38)45-34-43(46-19-11-21-50-48-17-7-9-23-54(48)61-56(46)50)33-44(35-45)47-20-12-22-51-49-18-8-10-24-55(49)62-57(47)51;1-3-11-37(12-4-1)39-19-23-41(24-20-39)52-36-53(60-58(59-52)42-25-21-40(22-26-42)38-13-5-2-6-14-38)47-32-45(43-27-29-56-50(34-43)48-15-7-9-17-54(48)61-56)31-46(33-47)44-28-30-57-51(35-44)49-16-8-10-18-55(49)62-57/h2*1-36H. The molecular formula is C116H72N4S4. The second kappa shape index (κ2) is 31.9. The van der Waals surface area contributed by atoms with Crippen molar-refractivity contribution in [1.29, 1.82) is 0 Å². The van der Waals surface area contributed by atoms with E-state index in [1.54, 1.807) is 0 Å². The monoisotopic (exact) mass is 1650 g/mol. The Labute approximate surface area is 733 Å². The molecule has 0 N–H and O–H groups in total. The minimum absolute atomic E-state index is 0.688. The van der Waals surface area contributed by atoms with Crippen molar-refractivity contribution in [3.05, 3.63) is 437 Å². The molecule has 24 rings (SSSR count). The normalized spacial score (nSPS) is 11.5. The lowest BCUT2D eigenvalue weighted by atomic mass is 9.93. The molecule has 0 atom stereocenters. The number of fused-ring (bicyclic) bond motifs is 12. The maximum atomic E-state index is 5.42. The highest BCUT2D eigenvalue weighted by Gasteiger charge is 2.22. The summed E-state index contributed by atoms with van der Waals surface area (Å²) in [6.07, 6.45) is 0. The minimum Gasteiger partial charge on any atom is -0.228 e. The van der Waals surface area contributed by atoms with Gasteiger partial charge in [0, 0.05) is 114 Å². The van der Waals surface area contributed by atoms with E-state index < -0.39 is 0 Å². The zero-order chi connectivity index (χ0) is 82.0. The topological polar surface area (TPSA) is 51.6 Å². The minimum atomic E-state index is 0.688. The molecule has 580 valence electrons. The highest BCUT2D eigenvalue weighted by Crippen LogP contribution is 2.48. The Bertz CT molecular complexity index is 7710. The van der Waals surface area contributed by atoms with Crippen LogP contribution in [0.5, 0.6) is 0 Å². The lowest BCUT2D eigenvalue weighted by molar-refractivity contribution is 1.18. The summed E-state index contributed by atoms with van der Waals surface area (Å²) in [5, 5.41) is 10.3. The second-order valence-corrected chi connectivity index (χ2v) is 35.7. The third kappa shape index (κ3) is 14.2. The van der Waals surface area contributed by atoms with Gasteiger partial charge in [-0.15, -0.1) is 45.3 Å². The zero-order valence-corrected chi connectivity index (χ0v) is 70.3. The van der Waals surface area contributed by atoms with Crippen LogP contribution in [0.15, 0.2) is 437 Å². The first-order valence-electron chi connectivity index (χ1n) is 41.7. The van der Waals surface area contributed by atoms with Gasteiger partial charge in [0.25, 0.3) is 0 Å². The van der Waals surface area contributed by atoms with Gasteiger partial charge in [0.05, 0.1) is 22.8 Å². The fourth-order valence-electron chi connectivity index (χ4n) is 17.5. The van der Waals surface area contributed by atoms with Crippen molar-refractivity contribution in [2.24, 2.45) is 0 Å². The van der Waals surface area contributed by atoms with Crippen molar-refractivity contribution < 1.29 is 0 Å². The van der Waals surface area contributed by atoms with Crippen LogP contribution in [0.2, 0.25) is 0 Å². The summed E-state index contributed by atoms with van der Waals surface area (Å²) in [4.78, 5) is 21.4. The number of hydrogen-bond donors (Lipinski definition) is 0. The molecule has 0 aliphatic heterocycles. The molecule has 0 saturated heterocycles. The van der Waals surface area contributed by atoms with Gasteiger partial charge in [0.15, 0.2) is 11.6 Å². The Morgan fingerprint density at radius 1 is 0.129 bits per heavy atom. The first-order valence-corrected chi connectivity index (χ1v) is 45.0. The van der Waals surface area contributed by atoms with Crippen molar-refractivity contribution in [3.8, 4) is 157 Å². The third-order valence-corrected chi connectivity index (χ3v) is 28.6. The van der Waals surface area contributed by atoms with Gasteiger partial charge in [-0.2, -0.15) is 0 Å². The summed E-state index contributed by atoms with van der Waals surface area (Å²) in [6, 6.07) is 157. The van der Waals surface area contributed by atoms with Crippen LogP contribution in [-0.2, 0) is 0 Å². The molecule has 0 bridgehead atoms. The first-order chi connectivity index (χ1) is 61.4. The third-order valence-electron chi connectivity index (χ3n) is 23.8. The van der Waals surface area contributed by atoms with Crippen molar-refractivity contribution >= 4 is 126 Å². The van der Waals surface area contributed by atoms with E-state index in [4.69, 9.17) is 19.9 Å². The number of rotatable bonds is 14. The number of nitrogens with zero attached hydrogens (tertiary/aromatic N) is 4. The summed E-state index contributed by atoms with van der Waals surface area (Å²) in [6.45, 7) is 0. The molecule has 0 aliphatic rings. The van der Waals surface area contributed by atoms with E-state index in [0.717, 1.165) is 89.5 Å². The molecule has 0 fully saturated rings. The van der Waals surface area contributed by atoms with Gasteiger partial charge in [-0.1, -0.05) is 340 Å². The molecule has 18 aromatic carbocycles. The van der Waals surface area contributed by atoms with Crippen LogP contribution in [0.3, 0.4) is 0 Å². The van der Waals surface area contributed by atoms with Crippen LogP contribution >= 0.6 is 45.3 Å². The molecule has 8 heteroatoms. The van der Waals surface area contributed by atoms with E-state index in [0.29, 0.717) is 11.6 Å². The lowest BCUT2D eigenvalue weighted by Crippen LogP contribution is -1.97. The van der Waals surface area contributed by atoms with Gasteiger partial charge >= 0.3 is 0 Å². The van der Waals surface area contributed by atoms with Crippen molar-refractivity contribution in [1.82, 2.24) is 19.9 Å². The number of benzene rings is 18. The second-order valence-electron chi connectivity index (χ2n) is 31.5. The molecule has 4 nitrogen and oxygen atoms in total. The molecule has 124 heavy (non-hydrogen) atoms. The van der Waals surface area contributed by atoms with Gasteiger partial charge in [-0.25, -0.2) is 19.9 Å². The van der Waals surface area contributed by atoms with E-state index >= 15 is 0 Å². The molecule has 0 saturated carbocycles. The van der Waals surface area contributed by atoms with E-state index in [2.05, 4.69) is 437 Å². The fraction of sp³-hybridized carbons (Fsp3) is 0. The summed E-state index contributed by atoms with van der Waals surface area (Å²) >= 11 is 7.43. The van der Waals surface area contributed by atoms with E-state index in [9.17, 15) is 0 Å². The summed E-state index contributed by atoms with van der Waals surface area (Å²) in [5.41, 5.74) is 28.4. The highest BCUT2D eigenvalue weighted by molar-refractivity contribution is 7.27. The SMILES string of the molecule is c1ccc(-c2ccc(-c3cc(-c4cc(-c5ccc6sc7ccccc7c6c5)cc(-c5ccc6sc7ccccc7c6c5)c4)nc(-c4ccc(-c5ccccc5)cc4)n3)cc2)cc1.c1ccc(-c2ccc(-c3cc(-c4cc(-c5cccc6c5sc5ccccc56)cc(-c5cccc6c5sc5ccccc56)c4)nc(-c4ccc(-c5ccccc5)cc4)n3)cc2)cc1. The van der Waals surface area contributed by atoms with Crippen LogP contribution in [-0.4, -0.2) is 19.9 Å². The molecule has 0 spiro atoms. The quantitative estimate of drug-likeness (QED) is 0.109. The van der Waals surface area contributed by atoms with Crippen LogP contribution in [0, 0.1) is 0 Å². The fourth-order valence-corrected chi connectivity index (χ4v) is 22.2. The maximum Gasteiger partial charge on any atom is 0.160 e. The van der Waals surface area contributed by atoms with Gasteiger partial charge in [0.1, 0.15) is 0 Å². The van der Waals surface area contributed by atoms with Crippen LogP contribution in [0.1, 0.15) is 0 Å². The van der Waals surface area contributed by atoms with Crippen molar-refractivity contribution in [3.63, 3.8) is 0 Å². The molecule has 0 unspecified atom stereocenters. The van der Waals surface area contributed by atoms with Crippen LogP contribution in [0.4, 0.5) is 0 Å². The Morgan fingerprint density at radius 3 is 0.726 bits per heavy atom. The predicted molar refractivity (Wildman–Crippen MR) is 532 cm³/mol. The Balaban J connectivity index is 0.000000143. The summed E-state index contributed by atoms with van der Waals surface area (Å²) < 4.78 is 10.4. The van der Waals surface area contributed by atoms with E-state index in [1.807, 2.05) is 45.3 Å². The molecule has 0 aliphatic carbocycles. The largest absolute Gasteiger partial charge is 0.228 e. The Hall–Kier alpha value is -15.0. The zero-order valence-electron chi connectivity index (χ0n) is 67.0. The van der Waals surface area contributed by atoms with Gasteiger partial charge in [0.2, 0.25) is 0 Å². The summed E-state index contributed by atoms with van der Waals surface area (Å²) in [7, 11) is 0. The van der Waals surface area contributed by atoms with Crippen molar-refractivity contribution in [2.45, 2.75) is 0 Å². The molecule has 6 heterocycles. The van der Waals surface area contributed by atoms with Crippen LogP contribution < -0.4 is 0 Å². The number of hydrogen-bond acceptors (Lipinski definition) is 8. The lowest BCUT2D eigenvalue weighted by Gasteiger charge is -2.14. The number of aromatic nitrogens is 4. The Morgan fingerprint density at radius 2 is 0.371 bits per heavy atom. The summed E-state index contributed by atoms with van der Waals surface area (Å²) in [5.74, 6) is 1.38. The molecular weight excluding hydrogens is 1580 g/mol. The van der Waals surface area contributed by atoms with Gasteiger partial charge in [-0.05, 0) is 186 Å². The molecule has 24 aromatic rings. The number of thiophene rings is 4. The van der Waals surface area contributed by atoms with E-state index in [1.165, 1.54) is 136 Å². The smallest absolute Gasteiger partial charge is 0.160 e. The molecule has 0 amide bonds. The van der Waals surface area contributed by atoms with Crippen LogP contribution in [0.25, 0.3) is 238 Å². The molecule has 0 radical (unpaired) electrons. The average molecular weight is 1650 g/mol. The van der Waals surface area contributed by atoms with Crippen molar-refractivity contribution in [2.75, 3.05) is 0 Å². The predicted octanol–water partition coefficient (Wildman–Crippen LogP) is 33.8. The van der Waals surface area contributed by atoms with E-state index in [-0.39, 0.29) is 0 Å². The first kappa shape index (κ1) is 74.1. The molecule has 6 aromatic heterocycles. The maximum absolute atomic E-state index is 5.42. The average Bonchev–Trinajstić information content (AvgIpc) is 1.41. The highest BCUT2D eigenvalue weighted by atomic mass is 32.1. The van der Waals surface area contributed by atoms with Gasteiger partial charge in [-0.3, -0.25) is 0 Å².